The maximum Gasteiger partial charge on any atom is 0.0564 e. The van der Waals surface area contributed by atoms with Crippen LogP contribution in [0.15, 0.2) is 6.20 Å². The van der Waals surface area contributed by atoms with Gasteiger partial charge < -0.3 is 0 Å². The van der Waals surface area contributed by atoms with Crippen LogP contribution in [-0.4, -0.2) is 9.19 Å². The molecule has 0 aromatic carbocycles. The minimum absolute atomic E-state index is 0.500. The van der Waals surface area contributed by atoms with Gasteiger partial charge in [0.25, 0.3) is 0 Å². The highest BCUT2D eigenvalue weighted by atomic mass is 32.1. The van der Waals surface area contributed by atoms with Crippen LogP contribution in [0.3, 0.4) is 0 Å². The zero-order chi connectivity index (χ0) is 7.72. The molecule has 1 rings (SSSR count). The minimum Gasteiger partial charge on any atom is -0.213 e. The third kappa shape index (κ3) is 1.19. The van der Waals surface area contributed by atoms with Crippen LogP contribution in [0.1, 0.15) is 31.0 Å². The molecule has 10 heavy (non-hydrogen) atoms. The Hall–Kier alpha value is -0.440. The van der Waals surface area contributed by atoms with Crippen molar-refractivity contribution in [1.82, 2.24) is 9.19 Å². The number of aromatic nitrogens is 2. The molecule has 0 spiro atoms. The number of hydrogen-bond donors (Lipinski definition) is 1. The first-order chi connectivity index (χ1) is 4.63. The lowest BCUT2D eigenvalue weighted by Gasteiger charge is -2.04. The molecule has 0 N–H and O–H groups in total. The summed E-state index contributed by atoms with van der Waals surface area (Å²) in [6, 6.07) is 0. The molecule has 2 nitrogen and oxygen atoms in total. The van der Waals surface area contributed by atoms with Crippen molar-refractivity contribution < 1.29 is 0 Å². The lowest BCUT2D eigenvalue weighted by molar-refractivity contribution is 0.783. The zero-order valence-electron chi connectivity index (χ0n) is 6.50. The first-order valence-electron chi connectivity index (χ1n) is 3.36. The number of aryl methyl sites for hydroxylation is 1. The molecule has 0 saturated heterocycles. The third-order valence-electron chi connectivity index (χ3n) is 1.53. The lowest BCUT2D eigenvalue weighted by Crippen LogP contribution is -1.96. The average molecular weight is 156 g/mol. The van der Waals surface area contributed by atoms with E-state index < -0.39 is 0 Å². The maximum atomic E-state index is 4.16. The van der Waals surface area contributed by atoms with E-state index in [-0.39, 0.29) is 0 Å². The maximum absolute atomic E-state index is 4.16. The third-order valence-corrected chi connectivity index (χ3v) is 1.85. The molecular formula is C7H12N2S. The van der Waals surface area contributed by atoms with E-state index in [0.717, 1.165) is 0 Å². The van der Waals surface area contributed by atoms with E-state index in [1.807, 2.05) is 6.20 Å². The van der Waals surface area contributed by atoms with Gasteiger partial charge in [-0.3, -0.25) is 0 Å². The molecule has 56 valence electrons. The molecule has 0 aliphatic rings. The predicted octanol–water partition coefficient (Wildman–Crippen LogP) is 2.01. The van der Waals surface area contributed by atoms with Gasteiger partial charge in [0.2, 0.25) is 0 Å². The molecule has 1 aromatic heterocycles. The molecule has 0 unspecified atom stereocenters. The summed E-state index contributed by atoms with van der Waals surface area (Å²) in [7, 11) is 0. The highest BCUT2D eigenvalue weighted by Crippen LogP contribution is 2.18. The van der Waals surface area contributed by atoms with E-state index in [1.54, 1.807) is 4.09 Å². The summed E-state index contributed by atoms with van der Waals surface area (Å²) in [6.07, 6.45) is 1.84. The first-order valence-corrected chi connectivity index (χ1v) is 3.76. The van der Waals surface area contributed by atoms with Crippen LogP contribution in [-0.2, 0) is 0 Å². The van der Waals surface area contributed by atoms with Crippen LogP contribution in [0.2, 0.25) is 0 Å². The topological polar surface area (TPSA) is 17.8 Å². The van der Waals surface area contributed by atoms with Gasteiger partial charge in [0.1, 0.15) is 0 Å². The number of rotatable bonds is 1. The van der Waals surface area contributed by atoms with Crippen molar-refractivity contribution in [2.75, 3.05) is 0 Å². The molecule has 0 amide bonds. The van der Waals surface area contributed by atoms with E-state index >= 15 is 0 Å². The molecule has 0 aliphatic heterocycles. The van der Waals surface area contributed by atoms with Gasteiger partial charge in [-0.25, -0.2) is 4.09 Å². The second-order valence-electron chi connectivity index (χ2n) is 2.76. The first kappa shape index (κ1) is 7.66. The zero-order valence-corrected chi connectivity index (χ0v) is 7.39. The van der Waals surface area contributed by atoms with Crippen molar-refractivity contribution in [2.24, 2.45) is 0 Å². The van der Waals surface area contributed by atoms with Crippen molar-refractivity contribution in [3.8, 4) is 0 Å². The van der Waals surface area contributed by atoms with Crippen LogP contribution >= 0.6 is 12.8 Å². The largest absolute Gasteiger partial charge is 0.213 e. The van der Waals surface area contributed by atoms with Crippen molar-refractivity contribution in [2.45, 2.75) is 26.7 Å². The molecule has 0 saturated carbocycles. The Bertz CT molecular complexity index is 208. The van der Waals surface area contributed by atoms with Gasteiger partial charge in [0, 0.05) is 0 Å². The molecule has 3 heteroatoms. The predicted molar refractivity (Wildman–Crippen MR) is 45.4 cm³/mol. The highest BCUT2D eigenvalue weighted by molar-refractivity contribution is 7.78. The van der Waals surface area contributed by atoms with E-state index in [9.17, 15) is 0 Å². The molecule has 1 aromatic rings. The summed E-state index contributed by atoms with van der Waals surface area (Å²) in [5.74, 6) is 0.500. The second kappa shape index (κ2) is 2.66. The molecule has 0 radical (unpaired) electrons. The highest BCUT2D eigenvalue weighted by Gasteiger charge is 2.07. The van der Waals surface area contributed by atoms with Crippen LogP contribution in [0.5, 0.6) is 0 Å². The molecule has 0 bridgehead atoms. The summed E-state index contributed by atoms with van der Waals surface area (Å²) in [5, 5.41) is 4.02. The van der Waals surface area contributed by atoms with Gasteiger partial charge in [-0.05, 0) is 31.2 Å². The van der Waals surface area contributed by atoms with E-state index in [0.29, 0.717) is 5.92 Å². The van der Waals surface area contributed by atoms with Crippen molar-refractivity contribution in [1.29, 1.82) is 0 Å². The summed E-state index contributed by atoms with van der Waals surface area (Å²) in [4.78, 5) is 0. The standard InChI is InChI=1S/C7H12N2S/c1-5(2)7-6(3)4-8-9(7)10/h4-5,10H,1-3H3. The lowest BCUT2D eigenvalue weighted by atomic mass is 10.1. The summed E-state index contributed by atoms with van der Waals surface area (Å²) >= 11 is 4.16. The molecule has 1 heterocycles. The molecule has 0 fully saturated rings. The Kier molecular flexibility index (Phi) is 2.04. The Balaban J connectivity index is 3.10. The van der Waals surface area contributed by atoms with Gasteiger partial charge in [-0.15, -0.1) is 0 Å². The fraction of sp³-hybridized carbons (Fsp3) is 0.571. The number of thiol groups is 1. The minimum atomic E-state index is 0.500. The van der Waals surface area contributed by atoms with Gasteiger partial charge >= 0.3 is 0 Å². The fourth-order valence-electron chi connectivity index (χ4n) is 1.11. The normalized spacial score (nSPS) is 10.9. The molecule has 0 aliphatic carbocycles. The monoisotopic (exact) mass is 156 g/mol. The van der Waals surface area contributed by atoms with Gasteiger partial charge in [0.05, 0.1) is 11.9 Å². The van der Waals surface area contributed by atoms with Gasteiger partial charge in [0.15, 0.2) is 0 Å². The fourth-order valence-corrected chi connectivity index (χ4v) is 1.55. The van der Waals surface area contributed by atoms with Crippen LogP contribution in [0, 0.1) is 6.92 Å². The Morgan fingerprint density at radius 3 is 2.40 bits per heavy atom. The quantitative estimate of drug-likeness (QED) is 0.616. The van der Waals surface area contributed by atoms with Crippen molar-refractivity contribution >= 4 is 12.8 Å². The molecule has 0 atom stereocenters. The van der Waals surface area contributed by atoms with Gasteiger partial charge in [-0.2, -0.15) is 5.10 Å². The van der Waals surface area contributed by atoms with Crippen LogP contribution < -0.4 is 0 Å². The second-order valence-corrected chi connectivity index (χ2v) is 3.14. The van der Waals surface area contributed by atoms with E-state index in [2.05, 4.69) is 38.7 Å². The number of hydrogen-bond acceptors (Lipinski definition) is 2. The van der Waals surface area contributed by atoms with Crippen LogP contribution in [0.25, 0.3) is 0 Å². The van der Waals surface area contributed by atoms with Crippen molar-refractivity contribution in [3.05, 3.63) is 17.5 Å². The Morgan fingerprint density at radius 1 is 1.60 bits per heavy atom. The summed E-state index contributed by atoms with van der Waals surface area (Å²) < 4.78 is 1.64. The van der Waals surface area contributed by atoms with E-state index in [1.165, 1.54) is 11.3 Å². The van der Waals surface area contributed by atoms with Gasteiger partial charge in [-0.1, -0.05) is 13.8 Å². The molecular weight excluding hydrogens is 144 g/mol. The van der Waals surface area contributed by atoms with Crippen molar-refractivity contribution in [3.63, 3.8) is 0 Å². The average Bonchev–Trinajstić information content (AvgIpc) is 2.11. The summed E-state index contributed by atoms with van der Waals surface area (Å²) in [6.45, 7) is 6.32. The SMILES string of the molecule is Cc1cnn(S)c1C(C)C. The smallest absolute Gasteiger partial charge is 0.0564 e. The number of nitrogens with zero attached hydrogens (tertiary/aromatic N) is 2. The summed E-state index contributed by atoms with van der Waals surface area (Å²) in [5.41, 5.74) is 2.41. The Labute approximate surface area is 66.8 Å². The Morgan fingerprint density at radius 2 is 2.20 bits per heavy atom. The van der Waals surface area contributed by atoms with E-state index in [4.69, 9.17) is 0 Å². The van der Waals surface area contributed by atoms with Crippen LogP contribution in [0.4, 0.5) is 0 Å².